The lowest BCUT2D eigenvalue weighted by Crippen LogP contribution is -2.36. The van der Waals surface area contributed by atoms with Crippen LogP contribution in [0.1, 0.15) is 24.4 Å². The molecule has 0 heterocycles. The third-order valence-corrected chi connectivity index (χ3v) is 4.66. The second-order valence-corrected chi connectivity index (χ2v) is 6.71. The third-order valence-electron chi connectivity index (χ3n) is 3.56. The minimum Gasteiger partial charge on any atom is -0.356 e. The molecule has 6 heteroatoms. The van der Waals surface area contributed by atoms with Crippen LogP contribution in [0.15, 0.2) is 65.6 Å². The number of primary amides is 1. The Bertz CT molecular complexity index is 665. The summed E-state index contributed by atoms with van der Waals surface area (Å²) in [6.07, 6.45) is 1.04. The van der Waals surface area contributed by atoms with Crippen molar-refractivity contribution in [2.24, 2.45) is 5.73 Å². The Hall–Kier alpha value is -2.47. The average Bonchev–Trinajstić information content (AvgIpc) is 2.62. The minimum absolute atomic E-state index is 0.104. The molecule has 0 saturated heterocycles. The molecule has 1 atom stereocenters. The highest BCUT2D eigenvalue weighted by atomic mass is 32.2. The topological polar surface area (TPSA) is 84.2 Å². The maximum atomic E-state index is 12.1. The number of urea groups is 1. The molecule has 0 saturated carbocycles. The molecule has 0 bridgehead atoms. The van der Waals surface area contributed by atoms with Crippen molar-refractivity contribution in [3.8, 4) is 0 Å². The molecule has 2 rings (SSSR count). The number of carbonyl (C=O) groups excluding carboxylic acids is 2. The molecular weight excluding hydrogens is 334 g/mol. The van der Waals surface area contributed by atoms with Crippen molar-refractivity contribution in [3.63, 3.8) is 0 Å². The fourth-order valence-corrected chi connectivity index (χ4v) is 3.25. The molecule has 132 valence electrons. The van der Waals surface area contributed by atoms with Gasteiger partial charge in [-0.05, 0) is 29.9 Å². The van der Waals surface area contributed by atoms with Crippen molar-refractivity contribution < 1.29 is 9.59 Å². The molecule has 2 aromatic rings. The quantitative estimate of drug-likeness (QED) is 0.476. The Balaban J connectivity index is 1.72. The largest absolute Gasteiger partial charge is 0.356 e. The smallest absolute Gasteiger partial charge is 0.312 e. The van der Waals surface area contributed by atoms with Gasteiger partial charge in [0.2, 0.25) is 5.91 Å². The second kappa shape index (κ2) is 10.4. The van der Waals surface area contributed by atoms with Crippen molar-refractivity contribution in [2.45, 2.75) is 23.8 Å². The normalized spacial score (nSPS) is 11.5. The molecule has 0 spiro atoms. The number of nitrogens with one attached hydrogen (secondary N) is 2. The monoisotopic (exact) mass is 357 g/mol. The minimum atomic E-state index is -0.638. The summed E-state index contributed by atoms with van der Waals surface area (Å²) in [5.41, 5.74) is 6.07. The summed E-state index contributed by atoms with van der Waals surface area (Å²) in [6, 6.07) is 18.5. The highest BCUT2D eigenvalue weighted by Crippen LogP contribution is 2.18. The number of carbonyl (C=O) groups is 2. The average molecular weight is 357 g/mol. The van der Waals surface area contributed by atoms with Crippen LogP contribution in [0.25, 0.3) is 0 Å². The van der Waals surface area contributed by atoms with Crippen LogP contribution >= 0.6 is 11.8 Å². The van der Waals surface area contributed by atoms with Gasteiger partial charge in [-0.2, -0.15) is 0 Å². The van der Waals surface area contributed by atoms with Crippen LogP contribution in [0.2, 0.25) is 0 Å². The second-order valence-electron chi connectivity index (χ2n) is 5.54. The van der Waals surface area contributed by atoms with E-state index in [4.69, 9.17) is 5.73 Å². The number of hydrogen-bond acceptors (Lipinski definition) is 3. The van der Waals surface area contributed by atoms with Crippen LogP contribution in [-0.4, -0.2) is 24.2 Å². The van der Waals surface area contributed by atoms with E-state index in [1.165, 1.54) is 4.90 Å². The zero-order valence-electron chi connectivity index (χ0n) is 14.0. The van der Waals surface area contributed by atoms with E-state index in [1.807, 2.05) is 48.5 Å². The van der Waals surface area contributed by atoms with E-state index in [-0.39, 0.29) is 12.3 Å². The van der Waals surface area contributed by atoms with Crippen LogP contribution in [0, 0.1) is 0 Å². The van der Waals surface area contributed by atoms with Crippen LogP contribution in [0.3, 0.4) is 0 Å². The molecule has 2 aromatic carbocycles. The molecule has 5 nitrogen and oxygen atoms in total. The highest BCUT2D eigenvalue weighted by molar-refractivity contribution is 7.99. The lowest BCUT2D eigenvalue weighted by molar-refractivity contribution is -0.121. The molecule has 25 heavy (non-hydrogen) atoms. The lowest BCUT2D eigenvalue weighted by Gasteiger charge is -2.17. The third kappa shape index (κ3) is 7.30. The summed E-state index contributed by atoms with van der Waals surface area (Å²) in [5, 5.41) is 5.52. The number of hydrogen-bond donors (Lipinski definition) is 3. The van der Waals surface area contributed by atoms with Crippen LogP contribution in [0.4, 0.5) is 4.79 Å². The predicted octanol–water partition coefficient (Wildman–Crippen LogP) is 3.08. The van der Waals surface area contributed by atoms with E-state index >= 15 is 0 Å². The lowest BCUT2D eigenvalue weighted by atomic mass is 10.0. The van der Waals surface area contributed by atoms with Gasteiger partial charge in [0.05, 0.1) is 12.5 Å². The Morgan fingerprint density at radius 2 is 1.64 bits per heavy atom. The van der Waals surface area contributed by atoms with Gasteiger partial charge in [-0.25, -0.2) is 4.79 Å². The fraction of sp³-hybridized carbons (Fsp3) is 0.263. The molecule has 0 aliphatic carbocycles. The van der Waals surface area contributed by atoms with Gasteiger partial charge in [-0.3, -0.25) is 4.79 Å². The van der Waals surface area contributed by atoms with Crippen LogP contribution in [-0.2, 0) is 4.79 Å². The molecular formula is C19H23N3O2S. The SMILES string of the molecule is NC(=O)NC(CC(=O)NCCCSc1ccccc1)c1ccccc1. The predicted molar refractivity (Wildman–Crippen MR) is 101 cm³/mol. The van der Waals surface area contributed by atoms with Gasteiger partial charge in [-0.15, -0.1) is 11.8 Å². The summed E-state index contributed by atoms with van der Waals surface area (Å²) in [7, 11) is 0. The van der Waals surface area contributed by atoms with E-state index in [0.29, 0.717) is 6.54 Å². The zero-order chi connectivity index (χ0) is 17.9. The van der Waals surface area contributed by atoms with Gasteiger partial charge in [0.15, 0.2) is 0 Å². The maximum absolute atomic E-state index is 12.1. The molecule has 0 aliphatic rings. The molecule has 0 fully saturated rings. The first-order valence-electron chi connectivity index (χ1n) is 8.20. The summed E-state index contributed by atoms with van der Waals surface area (Å²) in [5.74, 6) is 0.832. The first-order valence-corrected chi connectivity index (χ1v) is 9.19. The molecule has 0 aliphatic heterocycles. The number of rotatable bonds is 9. The summed E-state index contributed by atoms with van der Waals surface area (Å²) in [4.78, 5) is 24.5. The van der Waals surface area contributed by atoms with Gasteiger partial charge in [-0.1, -0.05) is 48.5 Å². The number of nitrogens with two attached hydrogens (primary N) is 1. The Morgan fingerprint density at radius 3 is 2.28 bits per heavy atom. The van der Waals surface area contributed by atoms with E-state index in [9.17, 15) is 9.59 Å². The Kier molecular flexibility index (Phi) is 7.85. The van der Waals surface area contributed by atoms with E-state index in [2.05, 4.69) is 22.8 Å². The van der Waals surface area contributed by atoms with E-state index < -0.39 is 12.1 Å². The van der Waals surface area contributed by atoms with Crippen LogP contribution in [0.5, 0.6) is 0 Å². The highest BCUT2D eigenvalue weighted by Gasteiger charge is 2.16. The standard InChI is InChI=1S/C19H23N3O2S/c20-19(24)22-17(15-8-3-1-4-9-15)14-18(23)21-12-7-13-25-16-10-5-2-6-11-16/h1-6,8-11,17H,7,12-14H2,(H,21,23)(H3,20,22,24). The first kappa shape index (κ1) is 18.9. The van der Waals surface area contributed by atoms with Crippen molar-refractivity contribution in [1.29, 1.82) is 0 Å². The molecule has 1 unspecified atom stereocenters. The van der Waals surface area contributed by atoms with Gasteiger partial charge < -0.3 is 16.4 Å². The fourth-order valence-electron chi connectivity index (χ4n) is 2.37. The summed E-state index contributed by atoms with van der Waals surface area (Å²) in [6.45, 7) is 0.608. The maximum Gasteiger partial charge on any atom is 0.312 e. The Labute approximate surface area is 152 Å². The first-order chi connectivity index (χ1) is 12.1. The number of benzene rings is 2. The number of amides is 3. The molecule has 0 aromatic heterocycles. The van der Waals surface area contributed by atoms with Gasteiger partial charge in [0.25, 0.3) is 0 Å². The zero-order valence-corrected chi connectivity index (χ0v) is 14.8. The van der Waals surface area contributed by atoms with Gasteiger partial charge >= 0.3 is 6.03 Å². The van der Waals surface area contributed by atoms with Crippen molar-refractivity contribution in [3.05, 3.63) is 66.2 Å². The Morgan fingerprint density at radius 1 is 1.00 bits per heavy atom. The number of thioether (sulfide) groups is 1. The molecule has 0 radical (unpaired) electrons. The van der Waals surface area contributed by atoms with Crippen LogP contribution < -0.4 is 16.4 Å². The van der Waals surface area contributed by atoms with Crippen molar-refractivity contribution in [1.82, 2.24) is 10.6 Å². The molecule has 4 N–H and O–H groups in total. The van der Waals surface area contributed by atoms with Crippen molar-refractivity contribution >= 4 is 23.7 Å². The van der Waals surface area contributed by atoms with Gasteiger partial charge in [0, 0.05) is 11.4 Å². The summed E-state index contributed by atoms with van der Waals surface area (Å²) < 4.78 is 0. The summed E-state index contributed by atoms with van der Waals surface area (Å²) >= 11 is 1.77. The van der Waals surface area contributed by atoms with Crippen molar-refractivity contribution in [2.75, 3.05) is 12.3 Å². The molecule has 3 amide bonds. The van der Waals surface area contributed by atoms with Gasteiger partial charge in [0.1, 0.15) is 0 Å². The van der Waals surface area contributed by atoms with E-state index in [0.717, 1.165) is 17.7 Å². The van der Waals surface area contributed by atoms with E-state index in [1.54, 1.807) is 11.8 Å².